The maximum Gasteiger partial charge on any atom is 0.121 e. The lowest BCUT2D eigenvalue weighted by Gasteiger charge is -2.23. The van der Waals surface area contributed by atoms with E-state index in [1.54, 1.807) is 7.11 Å². The van der Waals surface area contributed by atoms with Crippen molar-refractivity contribution in [2.45, 2.75) is 38.1 Å². The van der Waals surface area contributed by atoms with E-state index in [-0.39, 0.29) is 5.41 Å². The fourth-order valence-electron chi connectivity index (χ4n) is 2.48. The zero-order valence-electron chi connectivity index (χ0n) is 11.8. The van der Waals surface area contributed by atoms with Crippen LogP contribution in [0.25, 0.3) is 11.0 Å². The maximum atomic E-state index is 5.93. The summed E-state index contributed by atoms with van der Waals surface area (Å²) in [6.07, 6.45) is 2.48. The van der Waals surface area contributed by atoms with Gasteiger partial charge in [0.1, 0.15) is 11.6 Å². The van der Waals surface area contributed by atoms with E-state index in [1.165, 1.54) is 18.4 Å². The average molecular weight is 259 g/mol. The first-order valence-corrected chi connectivity index (χ1v) is 6.83. The van der Waals surface area contributed by atoms with E-state index in [0.717, 1.165) is 17.1 Å². The van der Waals surface area contributed by atoms with Gasteiger partial charge in [0.2, 0.25) is 0 Å². The van der Waals surface area contributed by atoms with Crippen molar-refractivity contribution >= 4 is 11.0 Å². The fourth-order valence-corrected chi connectivity index (χ4v) is 2.48. The molecule has 0 amide bonds. The van der Waals surface area contributed by atoms with Crippen molar-refractivity contribution in [2.75, 3.05) is 13.7 Å². The summed E-state index contributed by atoms with van der Waals surface area (Å²) in [4.78, 5) is 4.83. The minimum atomic E-state index is -0.102. The minimum Gasteiger partial charge on any atom is -0.497 e. The smallest absolute Gasteiger partial charge is 0.121 e. The van der Waals surface area contributed by atoms with Gasteiger partial charge in [-0.25, -0.2) is 4.98 Å². The van der Waals surface area contributed by atoms with Crippen LogP contribution in [0.1, 0.15) is 38.6 Å². The Morgan fingerprint density at radius 2 is 2.16 bits per heavy atom. The van der Waals surface area contributed by atoms with Crippen LogP contribution in [0.3, 0.4) is 0 Å². The Morgan fingerprint density at radius 3 is 2.74 bits per heavy atom. The van der Waals surface area contributed by atoms with E-state index in [2.05, 4.69) is 24.5 Å². The molecule has 0 unspecified atom stereocenters. The molecule has 1 aliphatic carbocycles. The molecule has 4 nitrogen and oxygen atoms in total. The van der Waals surface area contributed by atoms with Crippen molar-refractivity contribution in [3.05, 3.63) is 24.0 Å². The second-order valence-electron chi connectivity index (χ2n) is 5.98. The normalized spacial score (nSPS) is 16.0. The second kappa shape index (κ2) is 4.23. The summed E-state index contributed by atoms with van der Waals surface area (Å²) in [6.45, 7) is 4.91. The number of hydrogen-bond acceptors (Lipinski definition) is 3. The molecule has 0 spiro atoms. The van der Waals surface area contributed by atoms with E-state index >= 15 is 0 Å². The second-order valence-corrected chi connectivity index (χ2v) is 5.98. The Kier molecular flexibility index (Phi) is 2.78. The Balaban J connectivity index is 2.23. The molecule has 0 bridgehead atoms. The molecule has 102 valence electrons. The molecule has 1 saturated carbocycles. The molecule has 1 aliphatic rings. The van der Waals surface area contributed by atoms with Crippen molar-refractivity contribution in [3.8, 4) is 5.75 Å². The molecule has 0 atom stereocenters. The number of ether oxygens (including phenoxy) is 1. The number of methoxy groups -OCH3 is 1. The number of imidazole rings is 1. The Bertz CT molecular complexity index is 611. The summed E-state index contributed by atoms with van der Waals surface area (Å²) in [5.74, 6) is 1.95. The molecule has 3 rings (SSSR count). The van der Waals surface area contributed by atoms with E-state index in [1.807, 2.05) is 12.1 Å². The highest BCUT2D eigenvalue weighted by molar-refractivity contribution is 5.78. The van der Waals surface area contributed by atoms with Gasteiger partial charge in [0.25, 0.3) is 0 Å². The lowest BCUT2D eigenvalue weighted by Crippen LogP contribution is -2.31. The number of benzene rings is 1. The van der Waals surface area contributed by atoms with Crippen LogP contribution in [-0.2, 0) is 5.41 Å². The first-order chi connectivity index (χ1) is 9.06. The van der Waals surface area contributed by atoms with E-state index in [9.17, 15) is 0 Å². The molecule has 1 fully saturated rings. The zero-order chi connectivity index (χ0) is 13.6. The lowest BCUT2D eigenvalue weighted by atomic mass is 9.92. The Labute approximate surface area is 113 Å². The van der Waals surface area contributed by atoms with Crippen LogP contribution in [0.4, 0.5) is 0 Å². The predicted octanol–water partition coefficient (Wildman–Crippen LogP) is 2.62. The SMILES string of the molecule is COc1ccc2c(c1)nc(C(C)(C)CN)n2C1CC1. The van der Waals surface area contributed by atoms with Gasteiger partial charge in [-0.05, 0) is 25.0 Å². The summed E-state index contributed by atoms with van der Waals surface area (Å²) >= 11 is 0. The number of nitrogens with two attached hydrogens (primary N) is 1. The topological polar surface area (TPSA) is 53.1 Å². The van der Waals surface area contributed by atoms with E-state index in [4.69, 9.17) is 15.5 Å². The number of rotatable bonds is 4. The number of aromatic nitrogens is 2. The van der Waals surface area contributed by atoms with Crippen LogP contribution < -0.4 is 10.5 Å². The third-order valence-electron chi connectivity index (χ3n) is 3.92. The highest BCUT2D eigenvalue weighted by Gasteiger charge is 2.33. The quantitative estimate of drug-likeness (QED) is 0.918. The van der Waals surface area contributed by atoms with Gasteiger partial charge < -0.3 is 15.0 Å². The average Bonchev–Trinajstić information content (AvgIpc) is 3.18. The molecule has 4 heteroatoms. The molecule has 0 radical (unpaired) electrons. The third-order valence-corrected chi connectivity index (χ3v) is 3.92. The Hall–Kier alpha value is -1.55. The van der Waals surface area contributed by atoms with E-state index < -0.39 is 0 Å². The molecule has 19 heavy (non-hydrogen) atoms. The highest BCUT2D eigenvalue weighted by Crippen LogP contribution is 2.41. The van der Waals surface area contributed by atoms with Gasteiger partial charge in [-0.2, -0.15) is 0 Å². The number of nitrogens with zero attached hydrogens (tertiary/aromatic N) is 2. The van der Waals surface area contributed by atoms with Gasteiger partial charge in [0.05, 0.1) is 18.1 Å². The molecule has 1 aromatic heterocycles. The Morgan fingerprint density at radius 1 is 1.42 bits per heavy atom. The highest BCUT2D eigenvalue weighted by atomic mass is 16.5. The number of fused-ring (bicyclic) bond motifs is 1. The van der Waals surface area contributed by atoms with Crippen molar-refractivity contribution < 1.29 is 4.74 Å². The van der Waals surface area contributed by atoms with E-state index in [0.29, 0.717) is 12.6 Å². The van der Waals surface area contributed by atoms with Crippen LogP contribution in [0.2, 0.25) is 0 Å². The monoisotopic (exact) mass is 259 g/mol. The summed E-state index contributed by atoms with van der Waals surface area (Å²) in [5.41, 5.74) is 8.02. The summed E-state index contributed by atoms with van der Waals surface area (Å²) in [7, 11) is 1.68. The van der Waals surface area contributed by atoms with Gasteiger partial charge in [-0.3, -0.25) is 0 Å². The fraction of sp³-hybridized carbons (Fsp3) is 0.533. The molecule has 2 aromatic rings. The van der Waals surface area contributed by atoms with Gasteiger partial charge in [-0.15, -0.1) is 0 Å². The molecular formula is C15H21N3O. The molecular weight excluding hydrogens is 238 g/mol. The standard InChI is InChI=1S/C15H21N3O/c1-15(2,9-16)14-17-12-8-11(19-3)6-7-13(12)18(14)10-4-5-10/h6-8,10H,4-5,9,16H2,1-3H3. The van der Waals surface area contributed by atoms with Gasteiger partial charge in [0, 0.05) is 24.1 Å². The first-order valence-electron chi connectivity index (χ1n) is 6.83. The largest absolute Gasteiger partial charge is 0.497 e. The molecule has 2 N–H and O–H groups in total. The van der Waals surface area contributed by atoms with Crippen LogP contribution in [0, 0.1) is 0 Å². The van der Waals surface area contributed by atoms with Crippen molar-refractivity contribution in [2.24, 2.45) is 5.73 Å². The van der Waals surface area contributed by atoms with Crippen molar-refractivity contribution in [1.29, 1.82) is 0 Å². The predicted molar refractivity (Wildman–Crippen MR) is 76.6 cm³/mol. The molecule has 0 aliphatic heterocycles. The zero-order valence-corrected chi connectivity index (χ0v) is 11.8. The van der Waals surface area contributed by atoms with Gasteiger partial charge in [0.15, 0.2) is 0 Å². The summed E-state index contributed by atoms with van der Waals surface area (Å²) in [6, 6.07) is 6.71. The maximum absolute atomic E-state index is 5.93. The lowest BCUT2D eigenvalue weighted by molar-refractivity contribution is 0.415. The van der Waals surface area contributed by atoms with Crippen LogP contribution in [0.5, 0.6) is 5.75 Å². The summed E-state index contributed by atoms with van der Waals surface area (Å²) < 4.78 is 7.66. The van der Waals surface area contributed by atoms with Crippen molar-refractivity contribution in [3.63, 3.8) is 0 Å². The molecule has 1 heterocycles. The van der Waals surface area contributed by atoms with Gasteiger partial charge >= 0.3 is 0 Å². The van der Waals surface area contributed by atoms with Crippen molar-refractivity contribution in [1.82, 2.24) is 9.55 Å². The van der Waals surface area contributed by atoms with Crippen LogP contribution in [0.15, 0.2) is 18.2 Å². The van der Waals surface area contributed by atoms with Gasteiger partial charge in [-0.1, -0.05) is 13.8 Å². The third kappa shape index (κ3) is 2.00. The summed E-state index contributed by atoms with van der Waals surface area (Å²) in [5, 5.41) is 0. The van der Waals surface area contributed by atoms with Crippen LogP contribution in [-0.4, -0.2) is 23.2 Å². The molecule has 0 saturated heterocycles. The first kappa shape index (κ1) is 12.5. The minimum absolute atomic E-state index is 0.102. The number of hydrogen-bond donors (Lipinski definition) is 1. The molecule has 1 aromatic carbocycles. The van der Waals surface area contributed by atoms with Crippen LogP contribution >= 0.6 is 0 Å².